The molecule has 164 valence electrons. The van der Waals surface area contributed by atoms with Crippen molar-refractivity contribution in [2.45, 2.75) is 6.61 Å². The molecule has 3 aromatic carbocycles. The topological polar surface area (TPSA) is 70.4 Å². The lowest BCUT2D eigenvalue weighted by atomic mass is 10.1. The molecule has 0 N–H and O–H groups in total. The van der Waals surface area contributed by atoms with Gasteiger partial charge in [-0.1, -0.05) is 29.8 Å². The van der Waals surface area contributed by atoms with Gasteiger partial charge in [0.25, 0.3) is 11.1 Å². The lowest BCUT2D eigenvalue weighted by Crippen LogP contribution is -2.27. The second-order valence-electron chi connectivity index (χ2n) is 6.86. The monoisotopic (exact) mass is 602 g/mol. The number of nitriles is 1. The Hall–Kier alpha value is -2.57. The molecule has 4 rings (SSSR count). The van der Waals surface area contributed by atoms with Crippen LogP contribution in [0.3, 0.4) is 0 Å². The molecule has 0 spiro atoms. The lowest BCUT2D eigenvalue weighted by Gasteiger charge is -2.13. The average molecular weight is 605 g/mol. The molecule has 2 amide bonds. The number of imide groups is 1. The highest BCUT2D eigenvalue weighted by molar-refractivity contribution is 9.11. The highest BCUT2D eigenvalue weighted by Gasteiger charge is 2.36. The van der Waals surface area contributed by atoms with Gasteiger partial charge < -0.3 is 4.74 Å². The van der Waals surface area contributed by atoms with Gasteiger partial charge in [0.15, 0.2) is 0 Å². The molecule has 0 bridgehead atoms. The van der Waals surface area contributed by atoms with Crippen molar-refractivity contribution in [3.05, 3.63) is 96.2 Å². The van der Waals surface area contributed by atoms with Gasteiger partial charge >= 0.3 is 0 Å². The molecule has 0 unspecified atom stereocenters. The van der Waals surface area contributed by atoms with Crippen LogP contribution < -0.4 is 9.64 Å². The van der Waals surface area contributed by atoms with Crippen molar-refractivity contribution in [1.82, 2.24) is 0 Å². The molecule has 1 aliphatic heterocycles. The molecule has 9 heteroatoms. The summed E-state index contributed by atoms with van der Waals surface area (Å²) in [4.78, 5) is 26.8. The average Bonchev–Trinajstić information content (AvgIpc) is 3.07. The molecule has 3 aromatic rings. The number of halogens is 3. The van der Waals surface area contributed by atoms with Crippen molar-refractivity contribution >= 4 is 78.1 Å². The number of nitrogens with zero attached hydrogens (tertiary/aromatic N) is 2. The van der Waals surface area contributed by atoms with Crippen LogP contribution in [0.25, 0.3) is 6.08 Å². The third-order valence-electron chi connectivity index (χ3n) is 4.71. The highest BCUT2D eigenvalue weighted by atomic mass is 79.9. The summed E-state index contributed by atoms with van der Waals surface area (Å²) in [5.74, 6) is 0.169. The third-order valence-corrected chi connectivity index (χ3v) is 7.01. The minimum atomic E-state index is -0.395. The SMILES string of the molecule is N#Cc1ccccc1COc1c(Br)cc(/C=C2/SC(=O)N(c3ccc(Cl)cc3)C2=O)cc1Br. The van der Waals surface area contributed by atoms with Crippen molar-refractivity contribution in [3.8, 4) is 11.8 Å². The van der Waals surface area contributed by atoms with Gasteiger partial charge in [0.1, 0.15) is 12.4 Å². The van der Waals surface area contributed by atoms with Crippen molar-refractivity contribution in [2.24, 2.45) is 0 Å². The number of amides is 2. The minimum absolute atomic E-state index is 0.222. The van der Waals surface area contributed by atoms with E-state index in [9.17, 15) is 14.9 Å². The molecule has 1 aliphatic rings. The van der Waals surface area contributed by atoms with E-state index in [1.54, 1.807) is 54.6 Å². The fourth-order valence-electron chi connectivity index (χ4n) is 3.14. The van der Waals surface area contributed by atoms with E-state index in [0.717, 1.165) is 22.2 Å². The van der Waals surface area contributed by atoms with Crippen LogP contribution in [-0.2, 0) is 11.4 Å². The predicted molar refractivity (Wildman–Crippen MR) is 137 cm³/mol. The summed E-state index contributed by atoms with van der Waals surface area (Å²) < 4.78 is 7.26. The largest absolute Gasteiger partial charge is 0.486 e. The molecule has 1 heterocycles. The van der Waals surface area contributed by atoms with Crippen molar-refractivity contribution in [3.63, 3.8) is 0 Å². The second-order valence-corrected chi connectivity index (χ2v) is 10.0. The first-order chi connectivity index (χ1) is 15.9. The number of anilines is 1. The van der Waals surface area contributed by atoms with Crippen LogP contribution in [0.4, 0.5) is 10.5 Å². The number of hydrogen-bond donors (Lipinski definition) is 0. The van der Waals surface area contributed by atoms with Gasteiger partial charge in [-0.05, 0) is 97.7 Å². The number of hydrogen-bond acceptors (Lipinski definition) is 5. The number of benzene rings is 3. The maximum Gasteiger partial charge on any atom is 0.298 e. The standard InChI is InChI=1S/C24H13Br2ClN2O3S/c25-19-9-14(10-20(26)22(19)32-13-16-4-2-1-3-15(16)12-28)11-21-23(30)29(24(31)33-21)18-7-5-17(27)6-8-18/h1-11H,13H2/b21-11+. The molecular weight excluding hydrogens is 592 g/mol. The number of carbonyl (C=O) groups excluding carboxylic acids is 2. The van der Waals surface area contributed by atoms with E-state index >= 15 is 0 Å². The summed E-state index contributed by atoms with van der Waals surface area (Å²) in [7, 11) is 0. The van der Waals surface area contributed by atoms with Gasteiger partial charge in [-0.25, -0.2) is 4.90 Å². The van der Waals surface area contributed by atoms with Crippen LogP contribution in [0.1, 0.15) is 16.7 Å². The fourth-order valence-corrected chi connectivity index (χ4v) is 5.56. The Bertz CT molecular complexity index is 1310. The Labute approximate surface area is 216 Å². The van der Waals surface area contributed by atoms with Crippen LogP contribution in [0.5, 0.6) is 5.75 Å². The van der Waals surface area contributed by atoms with E-state index in [0.29, 0.717) is 41.4 Å². The smallest absolute Gasteiger partial charge is 0.298 e. The Morgan fingerprint density at radius 3 is 2.39 bits per heavy atom. The van der Waals surface area contributed by atoms with Crippen LogP contribution in [0.15, 0.2) is 74.5 Å². The third kappa shape index (κ3) is 5.17. The number of ether oxygens (including phenoxy) is 1. The van der Waals surface area contributed by atoms with Gasteiger partial charge in [0.2, 0.25) is 0 Å². The first kappa shape index (κ1) is 23.6. The lowest BCUT2D eigenvalue weighted by molar-refractivity contribution is -0.113. The Balaban J connectivity index is 1.55. The summed E-state index contributed by atoms with van der Waals surface area (Å²) in [6, 6.07) is 19.5. The van der Waals surface area contributed by atoms with Gasteiger partial charge in [0.05, 0.1) is 31.2 Å². The first-order valence-corrected chi connectivity index (χ1v) is 12.3. The molecule has 0 saturated carbocycles. The Morgan fingerprint density at radius 2 is 1.73 bits per heavy atom. The summed E-state index contributed by atoms with van der Waals surface area (Å²) in [5.41, 5.74) is 2.51. The molecular formula is C24H13Br2ClN2O3S. The summed E-state index contributed by atoms with van der Waals surface area (Å²) >= 11 is 13.8. The Morgan fingerprint density at radius 1 is 1.06 bits per heavy atom. The zero-order valence-corrected chi connectivity index (χ0v) is 21.5. The minimum Gasteiger partial charge on any atom is -0.486 e. The molecule has 5 nitrogen and oxygen atoms in total. The van der Waals surface area contributed by atoms with Gasteiger partial charge in [-0.15, -0.1) is 0 Å². The van der Waals surface area contributed by atoms with Crippen LogP contribution in [0, 0.1) is 11.3 Å². The molecule has 0 radical (unpaired) electrons. The molecule has 1 saturated heterocycles. The normalized spacial score (nSPS) is 14.6. The van der Waals surface area contributed by atoms with E-state index in [2.05, 4.69) is 37.9 Å². The maximum absolute atomic E-state index is 12.9. The van der Waals surface area contributed by atoms with E-state index < -0.39 is 5.91 Å². The van der Waals surface area contributed by atoms with Crippen LogP contribution in [0.2, 0.25) is 5.02 Å². The van der Waals surface area contributed by atoms with Gasteiger partial charge in [0, 0.05) is 10.6 Å². The van der Waals surface area contributed by atoms with Crippen molar-refractivity contribution < 1.29 is 14.3 Å². The van der Waals surface area contributed by atoms with E-state index in [4.69, 9.17) is 16.3 Å². The number of thioether (sulfide) groups is 1. The van der Waals surface area contributed by atoms with Gasteiger partial charge in [-0.3, -0.25) is 9.59 Å². The van der Waals surface area contributed by atoms with Crippen LogP contribution >= 0.6 is 55.2 Å². The number of carbonyl (C=O) groups is 2. The Kier molecular flexibility index (Phi) is 7.25. The summed E-state index contributed by atoms with van der Waals surface area (Å²) in [6.45, 7) is 0.222. The van der Waals surface area contributed by atoms with Crippen molar-refractivity contribution in [1.29, 1.82) is 5.26 Å². The maximum atomic E-state index is 12.9. The molecule has 0 aromatic heterocycles. The second kappa shape index (κ2) is 10.1. The van der Waals surface area contributed by atoms with Crippen molar-refractivity contribution in [2.75, 3.05) is 4.90 Å². The van der Waals surface area contributed by atoms with Gasteiger partial charge in [-0.2, -0.15) is 5.26 Å². The fraction of sp³-hybridized carbons (Fsp3) is 0.0417. The molecule has 1 fully saturated rings. The number of rotatable bonds is 5. The van der Waals surface area contributed by atoms with E-state index in [-0.39, 0.29) is 11.8 Å². The summed E-state index contributed by atoms with van der Waals surface area (Å²) in [5, 5.41) is 9.40. The summed E-state index contributed by atoms with van der Waals surface area (Å²) in [6.07, 6.45) is 1.66. The zero-order valence-electron chi connectivity index (χ0n) is 16.7. The highest BCUT2D eigenvalue weighted by Crippen LogP contribution is 2.39. The molecule has 0 aliphatic carbocycles. The molecule has 33 heavy (non-hydrogen) atoms. The zero-order chi connectivity index (χ0) is 23.5. The van der Waals surface area contributed by atoms with Crippen LogP contribution in [-0.4, -0.2) is 11.1 Å². The van der Waals surface area contributed by atoms with E-state index in [1.165, 1.54) is 0 Å². The van der Waals surface area contributed by atoms with E-state index in [1.807, 2.05) is 12.1 Å². The molecule has 0 atom stereocenters. The quantitative estimate of drug-likeness (QED) is 0.281. The predicted octanol–water partition coefficient (Wildman–Crippen LogP) is 7.56. The first-order valence-electron chi connectivity index (χ1n) is 9.50.